The third kappa shape index (κ3) is 3.93. The summed E-state index contributed by atoms with van der Waals surface area (Å²) in [5.74, 6) is 0.218. The van der Waals surface area contributed by atoms with Gasteiger partial charge in [-0.05, 0) is 44.0 Å². The largest absolute Gasteiger partial charge is 0.488 e. The second kappa shape index (κ2) is 7.23. The number of nitrogens with zero attached hydrogens (tertiary/aromatic N) is 3. The van der Waals surface area contributed by atoms with Gasteiger partial charge < -0.3 is 14.4 Å². The van der Waals surface area contributed by atoms with Crippen molar-refractivity contribution in [1.29, 1.82) is 0 Å². The number of benzene rings is 1. The van der Waals surface area contributed by atoms with E-state index in [0.717, 1.165) is 18.5 Å². The van der Waals surface area contributed by atoms with Crippen molar-refractivity contribution in [3.63, 3.8) is 0 Å². The summed E-state index contributed by atoms with van der Waals surface area (Å²) in [4.78, 5) is 22.9. The Hall–Kier alpha value is -2.54. The Morgan fingerprint density at radius 3 is 2.85 bits per heavy atom. The van der Waals surface area contributed by atoms with E-state index in [4.69, 9.17) is 9.47 Å². The van der Waals surface area contributed by atoms with Crippen LogP contribution < -0.4 is 4.74 Å². The molecule has 2 saturated heterocycles. The van der Waals surface area contributed by atoms with Crippen molar-refractivity contribution >= 4 is 5.91 Å². The minimum absolute atomic E-state index is 0.107. The number of aromatic nitrogens is 2. The number of piperidine rings is 1. The molecule has 0 N–H and O–H groups in total. The molecule has 7 heteroatoms. The average molecular weight is 371 g/mol. The lowest BCUT2D eigenvalue weighted by atomic mass is 9.89. The number of ether oxygens (including phenoxy) is 2. The standard InChI is InChI=1S/C20H22FN3O3/c1-14-10-23-18(11-22-14)19(25)24-8-2-7-20(13-24)9-17(12-26-20)27-16-5-3-15(21)4-6-16/h3-6,10-11,17H,2,7-9,12-13H2,1H3/t17-,20-/m1/s1. The van der Waals surface area contributed by atoms with Gasteiger partial charge in [-0.1, -0.05) is 0 Å². The van der Waals surface area contributed by atoms with Crippen molar-refractivity contribution in [2.24, 2.45) is 0 Å². The van der Waals surface area contributed by atoms with E-state index in [9.17, 15) is 9.18 Å². The van der Waals surface area contributed by atoms with Gasteiger partial charge in [-0.15, -0.1) is 0 Å². The number of carbonyl (C=O) groups is 1. The van der Waals surface area contributed by atoms with Crippen molar-refractivity contribution in [3.05, 3.63) is 53.9 Å². The molecule has 0 radical (unpaired) electrons. The molecule has 1 amide bonds. The van der Waals surface area contributed by atoms with E-state index < -0.39 is 5.60 Å². The minimum Gasteiger partial charge on any atom is -0.488 e. The van der Waals surface area contributed by atoms with E-state index in [-0.39, 0.29) is 17.8 Å². The summed E-state index contributed by atoms with van der Waals surface area (Å²) in [7, 11) is 0. The van der Waals surface area contributed by atoms with E-state index >= 15 is 0 Å². The highest BCUT2D eigenvalue weighted by atomic mass is 19.1. The van der Waals surface area contributed by atoms with Crippen LogP contribution in [0.2, 0.25) is 0 Å². The molecule has 2 atom stereocenters. The van der Waals surface area contributed by atoms with Gasteiger partial charge >= 0.3 is 0 Å². The maximum absolute atomic E-state index is 13.0. The fourth-order valence-corrected chi connectivity index (χ4v) is 3.80. The number of rotatable bonds is 3. The second-order valence-electron chi connectivity index (χ2n) is 7.27. The normalized spacial score (nSPS) is 25.0. The summed E-state index contributed by atoms with van der Waals surface area (Å²) >= 11 is 0. The van der Waals surface area contributed by atoms with Gasteiger partial charge in [0.1, 0.15) is 23.4 Å². The van der Waals surface area contributed by atoms with Gasteiger partial charge in [0, 0.05) is 19.2 Å². The zero-order valence-electron chi connectivity index (χ0n) is 15.2. The molecule has 142 valence electrons. The van der Waals surface area contributed by atoms with Crippen LogP contribution in [-0.4, -0.2) is 52.2 Å². The van der Waals surface area contributed by atoms with Crippen LogP contribution in [0.1, 0.15) is 35.4 Å². The van der Waals surface area contributed by atoms with Crippen molar-refractivity contribution in [3.8, 4) is 5.75 Å². The van der Waals surface area contributed by atoms with Gasteiger partial charge in [-0.2, -0.15) is 0 Å². The SMILES string of the molecule is Cc1cnc(C(=O)N2CCC[C@@]3(C[C@@H](Oc4ccc(F)cc4)CO3)C2)cn1. The Balaban J connectivity index is 1.41. The van der Waals surface area contributed by atoms with Gasteiger partial charge in [0.05, 0.1) is 30.6 Å². The van der Waals surface area contributed by atoms with E-state index in [1.807, 2.05) is 6.92 Å². The predicted octanol–water partition coefficient (Wildman–Crippen LogP) is 2.77. The molecule has 2 fully saturated rings. The molecule has 2 aliphatic heterocycles. The molecule has 3 heterocycles. The number of halogens is 1. The summed E-state index contributed by atoms with van der Waals surface area (Å²) in [5, 5.41) is 0. The first-order chi connectivity index (χ1) is 13.0. The summed E-state index contributed by atoms with van der Waals surface area (Å²) in [6.45, 7) is 3.50. The fourth-order valence-electron chi connectivity index (χ4n) is 3.80. The summed E-state index contributed by atoms with van der Waals surface area (Å²) in [5.41, 5.74) is 0.743. The highest BCUT2D eigenvalue weighted by Gasteiger charge is 2.45. The molecule has 0 unspecified atom stereocenters. The first-order valence-electron chi connectivity index (χ1n) is 9.17. The first kappa shape index (κ1) is 17.9. The highest BCUT2D eigenvalue weighted by Crippen LogP contribution is 2.36. The molecule has 6 nitrogen and oxygen atoms in total. The van der Waals surface area contributed by atoms with Crippen LogP contribution in [0.25, 0.3) is 0 Å². The van der Waals surface area contributed by atoms with Gasteiger partial charge in [0.25, 0.3) is 5.91 Å². The molecule has 2 aliphatic rings. The lowest BCUT2D eigenvalue weighted by Crippen LogP contribution is -2.50. The van der Waals surface area contributed by atoms with E-state index in [1.165, 1.54) is 18.3 Å². The van der Waals surface area contributed by atoms with Crippen LogP contribution >= 0.6 is 0 Å². The Morgan fingerprint density at radius 2 is 2.11 bits per heavy atom. The van der Waals surface area contributed by atoms with Crippen LogP contribution in [0.5, 0.6) is 5.75 Å². The zero-order valence-corrected chi connectivity index (χ0v) is 15.2. The molecule has 0 aliphatic carbocycles. The van der Waals surface area contributed by atoms with E-state index in [1.54, 1.807) is 23.2 Å². The topological polar surface area (TPSA) is 64.6 Å². The molecule has 27 heavy (non-hydrogen) atoms. The van der Waals surface area contributed by atoms with Crippen molar-refractivity contribution in [2.75, 3.05) is 19.7 Å². The van der Waals surface area contributed by atoms with Gasteiger partial charge in [0.15, 0.2) is 0 Å². The van der Waals surface area contributed by atoms with Crippen molar-refractivity contribution in [2.45, 2.75) is 37.9 Å². The lowest BCUT2D eigenvalue weighted by molar-refractivity contribution is -0.0454. The molecule has 2 aromatic rings. The minimum atomic E-state index is -0.392. The van der Waals surface area contributed by atoms with Crippen molar-refractivity contribution < 1.29 is 18.7 Å². The number of hydrogen-bond donors (Lipinski definition) is 0. The first-order valence-corrected chi connectivity index (χ1v) is 9.17. The highest BCUT2D eigenvalue weighted by molar-refractivity contribution is 5.92. The Kier molecular flexibility index (Phi) is 4.78. The number of carbonyl (C=O) groups excluding carboxylic acids is 1. The second-order valence-corrected chi connectivity index (χ2v) is 7.27. The zero-order chi connectivity index (χ0) is 18.9. The summed E-state index contributed by atoms with van der Waals surface area (Å²) in [6.07, 6.45) is 5.48. The third-order valence-electron chi connectivity index (χ3n) is 5.12. The van der Waals surface area contributed by atoms with Crippen LogP contribution in [0.3, 0.4) is 0 Å². The molecule has 1 aromatic carbocycles. The maximum Gasteiger partial charge on any atom is 0.274 e. The maximum atomic E-state index is 13.0. The number of amides is 1. The Bertz CT molecular complexity index is 812. The third-order valence-corrected chi connectivity index (χ3v) is 5.12. The van der Waals surface area contributed by atoms with Crippen LogP contribution in [-0.2, 0) is 4.74 Å². The lowest BCUT2D eigenvalue weighted by Gasteiger charge is -2.39. The fraction of sp³-hybridized carbons (Fsp3) is 0.450. The van der Waals surface area contributed by atoms with Crippen LogP contribution in [0, 0.1) is 12.7 Å². The number of aryl methyl sites for hydroxylation is 1. The summed E-state index contributed by atoms with van der Waals surface area (Å²) < 4.78 is 25.1. The molecular weight excluding hydrogens is 349 g/mol. The number of likely N-dealkylation sites (tertiary alicyclic amines) is 1. The average Bonchev–Trinajstić information content (AvgIpc) is 3.05. The smallest absolute Gasteiger partial charge is 0.274 e. The molecule has 0 saturated carbocycles. The van der Waals surface area contributed by atoms with Crippen molar-refractivity contribution in [1.82, 2.24) is 14.9 Å². The monoisotopic (exact) mass is 371 g/mol. The predicted molar refractivity (Wildman–Crippen MR) is 96.0 cm³/mol. The van der Waals surface area contributed by atoms with Gasteiger partial charge in [-0.3, -0.25) is 9.78 Å². The molecule has 0 bridgehead atoms. The molecule has 1 aromatic heterocycles. The molecular formula is C20H22FN3O3. The quantitative estimate of drug-likeness (QED) is 0.830. The number of hydrogen-bond acceptors (Lipinski definition) is 5. The van der Waals surface area contributed by atoms with Gasteiger partial charge in [-0.25, -0.2) is 9.37 Å². The van der Waals surface area contributed by atoms with E-state index in [2.05, 4.69) is 9.97 Å². The Labute approximate surface area is 157 Å². The Morgan fingerprint density at radius 1 is 1.30 bits per heavy atom. The van der Waals surface area contributed by atoms with Crippen LogP contribution in [0.15, 0.2) is 36.7 Å². The molecule has 1 spiro atoms. The van der Waals surface area contributed by atoms with Gasteiger partial charge in [0.2, 0.25) is 0 Å². The van der Waals surface area contributed by atoms with E-state index in [0.29, 0.717) is 37.6 Å². The van der Waals surface area contributed by atoms with Crippen LogP contribution in [0.4, 0.5) is 4.39 Å². The molecule has 4 rings (SSSR count). The summed E-state index contributed by atoms with van der Waals surface area (Å²) in [6, 6.07) is 6.00.